The molecule has 0 atom stereocenters. The number of carbonyl (C=O) groups excluding carboxylic acids is 1. The number of benzene rings is 2. The van der Waals surface area contributed by atoms with E-state index >= 15 is 0 Å². The van der Waals surface area contributed by atoms with Gasteiger partial charge in [0.05, 0.1) is 0 Å². The molecule has 1 amide bonds. The monoisotopic (exact) mass is 337 g/mol. The zero-order chi connectivity index (χ0) is 17.1. The number of fused-ring (bicyclic) bond motifs is 3. The SMILES string of the molecule is O=C(OC1c2ccccc2-c2ccccc21)N1CCNCCNCC1. The molecule has 2 aromatic rings. The first kappa shape index (κ1) is 16.1. The molecular formula is C20H23N3O2. The highest BCUT2D eigenvalue weighted by Gasteiger charge is 2.32. The third kappa shape index (κ3) is 3.25. The average molecular weight is 337 g/mol. The van der Waals surface area contributed by atoms with E-state index in [0.29, 0.717) is 13.1 Å². The van der Waals surface area contributed by atoms with E-state index in [1.165, 1.54) is 0 Å². The van der Waals surface area contributed by atoms with E-state index in [0.717, 1.165) is 48.4 Å². The number of hydrogen-bond acceptors (Lipinski definition) is 4. The maximum atomic E-state index is 12.8. The zero-order valence-corrected chi connectivity index (χ0v) is 14.2. The van der Waals surface area contributed by atoms with Crippen LogP contribution in [0.4, 0.5) is 4.79 Å². The highest BCUT2D eigenvalue weighted by atomic mass is 16.6. The van der Waals surface area contributed by atoms with E-state index in [-0.39, 0.29) is 12.2 Å². The molecule has 0 aromatic heterocycles. The Morgan fingerprint density at radius 2 is 1.36 bits per heavy atom. The fourth-order valence-corrected chi connectivity index (χ4v) is 3.56. The van der Waals surface area contributed by atoms with Crippen LogP contribution in [0.3, 0.4) is 0 Å². The Morgan fingerprint density at radius 1 is 0.840 bits per heavy atom. The molecule has 0 bridgehead atoms. The van der Waals surface area contributed by atoms with Crippen LogP contribution in [-0.4, -0.2) is 50.3 Å². The van der Waals surface area contributed by atoms with Gasteiger partial charge in [-0.1, -0.05) is 48.5 Å². The van der Waals surface area contributed by atoms with Crippen molar-refractivity contribution in [1.29, 1.82) is 0 Å². The first-order valence-corrected chi connectivity index (χ1v) is 8.90. The molecule has 1 heterocycles. The van der Waals surface area contributed by atoms with Crippen molar-refractivity contribution in [3.8, 4) is 11.1 Å². The number of nitrogens with one attached hydrogen (secondary N) is 2. The van der Waals surface area contributed by atoms with Crippen molar-refractivity contribution in [3.05, 3.63) is 59.7 Å². The van der Waals surface area contributed by atoms with Crippen molar-refractivity contribution in [3.63, 3.8) is 0 Å². The lowest BCUT2D eigenvalue weighted by Crippen LogP contribution is -2.39. The van der Waals surface area contributed by atoms with E-state index in [2.05, 4.69) is 34.9 Å². The Labute approximate surface area is 148 Å². The Balaban J connectivity index is 1.56. The second kappa shape index (κ2) is 7.25. The van der Waals surface area contributed by atoms with Gasteiger partial charge >= 0.3 is 6.09 Å². The zero-order valence-electron chi connectivity index (χ0n) is 14.2. The van der Waals surface area contributed by atoms with Crippen molar-refractivity contribution >= 4 is 6.09 Å². The van der Waals surface area contributed by atoms with Crippen molar-refractivity contribution < 1.29 is 9.53 Å². The molecule has 5 nitrogen and oxygen atoms in total. The van der Waals surface area contributed by atoms with Gasteiger partial charge in [0.1, 0.15) is 0 Å². The molecule has 2 aromatic carbocycles. The number of nitrogens with zero attached hydrogens (tertiary/aromatic N) is 1. The minimum Gasteiger partial charge on any atom is -0.436 e. The average Bonchev–Trinajstić information content (AvgIpc) is 3.03. The summed E-state index contributed by atoms with van der Waals surface area (Å²) in [7, 11) is 0. The maximum Gasteiger partial charge on any atom is 0.410 e. The number of hydrogen-bond donors (Lipinski definition) is 2. The van der Waals surface area contributed by atoms with Gasteiger partial charge in [0.2, 0.25) is 0 Å². The summed E-state index contributed by atoms with van der Waals surface area (Å²) in [6, 6.07) is 16.3. The molecule has 5 heteroatoms. The highest BCUT2D eigenvalue weighted by Crippen LogP contribution is 2.45. The Hall–Kier alpha value is -2.37. The van der Waals surface area contributed by atoms with Crippen molar-refractivity contribution in [2.24, 2.45) is 0 Å². The van der Waals surface area contributed by atoms with Crippen LogP contribution in [-0.2, 0) is 4.74 Å². The van der Waals surface area contributed by atoms with Gasteiger partial charge in [-0.05, 0) is 11.1 Å². The minimum absolute atomic E-state index is 0.248. The lowest BCUT2D eigenvalue weighted by Gasteiger charge is -2.24. The summed E-state index contributed by atoms with van der Waals surface area (Å²) in [5, 5.41) is 6.65. The van der Waals surface area contributed by atoms with Crippen LogP contribution < -0.4 is 10.6 Å². The molecule has 1 fully saturated rings. The van der Waals surface area contributed by atoms with E-state index < -0.39 is 0 Å². The summed E-state index contributed by atoms with van der Waals surface area (Å²) >= 11 is 0. The molecule has 4 rings (SSSR count). The third-order valence-electron chi connectivity index (χ3n) is 4.85. The van der Waals surface area contributed by atoms with Gasteiger partial charge in [-0.2, -0.15) is 0 Å². The molecule has 0 radical (unpaired) electrons. The van der Waals surface area contributed by atoms with Gasteiger partial charge in [-0.25, -0.2) is 4.79 Å². The molecule has 0 unspecified atom stereocenters. The Bertz CT molecular complexity index is 707. The van der Waals surface area contributed by atoms with Gasteiger partial charge in [-0.3, -0.25) is 0 Å². The molecule has 1 aliphatic carbocycles. The first-order chi connectivity index (χ1) is 12.3. The van der Waals surface area contributed by atoms with Crippen molar-refractivity contribution in [1.82, 2.24) is 15.5 Å². The second-order valence-corrected chi connectivity index (χ2v) is 6.43. The number of rotatable bonds is 1. The first-order valence-electron chi connectivity index (χ1n) is 8.90. The topological polar surface area (TPSA) is 53.6 Å². The van der Waals surface area contributed by atoms with Crippen LogP contribution in [0.15, 0.2) is 48.5 Å². The smallest absolute Gasteiger partial charge is 0.410 e. The molecule has 1 saturated heterocycles. The van der Waals surface area contributed by atoms with Crippen LogP contribution in [0.5, 0.6) is 0 Å². The van der Waals surface area contributed by atoms with E-state index in [1.807, 2.05) is 24.3 Å². The number of ether oxygens (including phenoxy) is 1. The molecule has 130 valence electrons. The second-order valence-electron chi connectivity index (χ2n) is 6.43. The number of amides is 1. The normalized spacial score (nSPS) is 17.8. The molecule has 2 aliphatic rings. The molecule has 0 spiro atoms. The van der Waals surface area contributed by atoms with Crippen LogP contribution in [0.25, 0.3) is 11.1 Å². The molecule has 1 aliphatic heterocycles. The Morgan fingerprint density at radius 3 is 1.92 bits per heavy atom. The molecule has 25 heavy (non-hydrogen) atoms. The molecule has 2 N–H and O–H groups in total. The van der Waals surface area contributed by atoms with E-state index in [4.69, 9.17) is 4.74 Å². The largest absolute Gasteiger partial charge is 0.436 e. The minimum atomic E-state index is -0.326. The number of carbonyl (C=O) groups is 1. The third-order valence-corrected chi connectivity index (χ3v) is 4.85. The van der Waals surface area contributed by atoms with Crippen molar-refractivity contribution in [2.75, 3.05) is 39.3 Å². The fourth-order valence-electron chi connectivity index (χ4n) is 3.56. The lowest BCUT2D eigenvalue weighted by molar-refractivity contribution is 0.0798. The lowest BCUT2D eigenvalue weighted by atomic mass is 10.1. The Kier molecular flexibility index (Phi) is 4.68. The maximum absolute atomic E-state index is 12.8. The molecular weight excluding hydrogens is 314 g/mol. The van der Waals surface area contributed by atoms with Gasteiger partial charge in [0.25, 0.3) is 0 Å². The van der Waals surface area contributed by atoms with Crippen LogP contribution in [0.1, 0.15) is 17.2 Å². The van der Waals surface area contributed by atoms with Crippen molar-refractivity contribution in [2.45, 2.75) is 6.10 Å². The summed E-state index contributed by atoms with van der Waals surface area (Å²) in [6.07, 6.45) is -0.574. The van der Waals surface area contributed by atoms with Crippen LogP contribution in [0, 0.1) is 0 Å². The summed E-state index contributed by atoms with van der Waals surface area (Å²) in [5.41, 5.74) is 4.45. The van der Waals surface area contributed by atoms with E-state index in [9.17, 15) is 4.79 Å². The van der Waals surface area contributed by atoms with Crippen LogP contribution in [0.2, 0.25) is 0 Å². The quantitative estimate of drug-likeness (QED) is 0.839. The summed E-state index contributed by atoms with van der Waals surface area (Å²) in [4.78, 5) is 14.6. The molecule has 0 saturated carbocycles. The standard InChI is InChI=1S/C20H23N3O2/c24-20(23-13-11-21-9-10-22-12-14-23)25-19-17-7-3-1-5-15(17)16-6-2-4-8-18(16)19/h1-8,19,21-22H,9-14H2. The highest BCUT2D eigenvalue weighted by molar-refractivity contribution is 5.79. The van der Waals surface area contributed by atoms with E-state index in [1.54, 1.807) is 4.90 Å². The predicted octanol–water partition coefficient (Wildman–Crippen LogP) is 2.39. The van der Waals surface area contributed by atoms with Crippen LogP contribution >= 0.6 is 0 Å². The van der Waals surface area contributed by atoms with Gasteiger partial charge < -0.3 is 20.3 Å². The summed E-state index contributed by atoms with van der Waals surface area (Å²) < 4.78 is 5.97. The van der Waals surface area contributed by atoms with Gasteiger partial charge in [0.15, 0.2) is 6.10 Å². The van der Waals surface area contributed by atoms with Gasteiger partial charge in [0, 0.05) is 50.4 Å². The summed E-state index contributed by atoms with van der Waals surface area (Å²) in [5.74, 6) is 0. The fraction of sp³-hybridized carbons (Fsp3) is 0.350. The summed E-state index contributed by atoms with van der Waals surface area (Å²) in [6.45, 7) is 4.74. The predicted molar refractivity (Wildman–Crippen MR) is 97.5 cm³/mol. The van der Waals surface area contributed by atoms with Gasteiger partial charge in [-0.15, -0.1) is 0 Å².